The Morgan fingerprint density at radius 3 is 2.67 bits per heavy atom. The van der Waals surface area contributed by atoms with E-state index in [4.69, 9.17) is 4.42 Å². The van der Waals surface area contributed by atoms with Crippen LogP contribution in [0.15, 0.2) is 46.2 Å². The molecule has 6 nitrogen and oxygen atoms in total. The van der Waals surface area contributed by atoms with E-state index in [9.17, 15) is 9.18 Å². The smallest absolute Gasteiger partial charge is 0.238 e. The van der Waals surface area contributed by atoms with Gasteiger partial charge in [-0.25, -0.2) is 4.39 Å². The van der Waals surface area contributed by atoms with Gasteiger partial charge in [-0.1, -0.05) is 23.9 Å². The van der Waals surface area contributed by atoms with Gasteiger partial charge in [-0.3, -0.25) is 4.79 Å². The van der Waals surface area contributed by atoms with E-state index in [1.165, 1.54) is 23.9 Å². The van der Waals surface area contributed by atoms with Crippen LogP contribution in [0, 0.1) is 12.7 Å². The first-order valence-electron chi connectivity index (χ1n) is 8.69. The molecule has 1 unspecified atom stereocenters. The molecule has 0 radical (unpaired) electrons. The van der Waals surface area contributed by atoms with Gasteiger partial charge in [0.2, 0.25) is 5.91 Å². The monoisotopic (exact) mass is 386 g/mol. The first-order valence-corrected chi connectivity index (χ1v) is 9.57. The number of hydrogen-bond acceptors (Lipinski definition) is 5. The quantitative estimate of drug-likeness (QED) is 0.655. The number of aromatic nitrogens is 3. The normalized spacial score (nSPS) is 14.9. The number of halogens is 1. The summed E-state index contributed by atoms with van der Waals surface area (Å²) < 4.78 is 20.5. The molecule has 2 heterocycles. The molecular weight excluding hydrogens is 367 g/mol. The van der Waals surface area contributed by atoms with Crippen molar-refractivity contribution in [3.05, 3.63) is 53.7 Å². The molecule has 0 aliphatic heterocycles. The minimum absolute atomic E-state index is 0.0989. The number of hydrogen-bond donors (Lipinski definition) is 1. The van der Waals surface area contributed by atoms with Crippen molar-refractivity contribution in [3.63, 3.8) is 0 Å². The zero-order chi connectivity index (χ0) is 19.0. The molecule has 2 aromatic heterocycles. The van der Waals surface area contributed by atoms with E-state index >= 15 is 0 Å². The van der Waals surface area contributed by atoms with Crippen LogP contribution < -0.4 is 5.32 Å². The summed E-state index contributed by atoms with van der Waals surface area (Å²) in [7, 11) is 1.85. The summed E-state index contributed by atoms with van der Waals surface area (Å²) in [6.07, 6.45) is 3.61. The molecule has 1 aliphatic rings. The number of nitrogens with one attached hydrogen (secondary N) is 1. The fourth-order valence-electron chi connectivity index (χ4n) is 2.79. The van der Waals surface area contributed by atoms with E-state index in [1.54, 1.807) is 18.4 Å². The highest BCUT2D eigenvalue weighted by Gasteiger charge is 2.30. The number of carbonyl (C=O) groups excluding carboxylic acids is 1. The Kier molecular flexibility index (Phi) is 4.73. The lowest BCUT2D eigenvalue weighted by molar-refractivity contribution is -0.120. The Bertz CT molecular complexity index is 963. The first-order chi connectivity index (χ1) is 13.0. The Balaban J connectivity index is 1.63. The lowest BCUT2D eigenvalue weighted by Crippen LogP contribution is -2.30. The van der Waals surface area contributed by atoms with Crippen molar-refractivity contribution >= 4 is 17.7 Å². The Hall–Kier alpha value is -2.61. The van der Waals surface area contributed by atoms with Crippen molar-refractivity contribution in [2.24, 2.45) is 7.05 Å². The second-order valence-corrected chi connectivity index (χ2v) is 7.66. The van der Waals surface area contributed by atoms with Crippen LogP contribution in [-0.4, -0.2) is 26.7 Å². The van der Waals surface area contributed by atoms with Crippen molar-refractivity contribution < 1.29 is 13.6 Å². The molecule has 3 aromatic rings. The molecule has 140 valence electrons. The highest BCUT2D eigenvalue weighted by molar-refractivity contribution is 8.00. The van der Waals surface area contributed by atoms with E-state index in [0.717, 1.165) is 29.7 Å². The molecule has 1 N–H and O–H groups in total. The molecular formula is C19H19FN4O2S. The van der Waals surface area contributed by atoms with Gasteiger partial charge in [0, 0.05) is 13.1 Å². The summed E-state index contributed by atoms with van der Waals surface area (Å²) in [6, 6.07) is 8.08. The summed E-state index contributed by atoms with van der Waals surface area (Å²) >= 11 is 1.30. The fourth-order valence-corrected chi connectivity index (χ4v) is 3.80. The van der Waals surface area contributed by atoms with Crippen molar-refractivity contribution in [1.29, 1.82) is 0 Å². The second-order valence-electron chi connectivity index (χ2n) is 6.59. The molecule has 1 fully saturated rings. The molecule has 8 heteroatoms. The zero-order valence-corrected chi connectivity index (χ0v) is 15.8. The maximum atomic E-state index is 13.3. The van der Waals surface area contributed by atoms with Gasteiger partial charge in [0.25, 0.3) is 0 Å². The van der Waals surface area contributed by atoms with Crippen molar-refractivity contribution in [2.45, 2.75) is 36.2 Å². The van der Waals surface area contributed by atoms with E-state index in [1.807, 2.05) is 24.6 Å². The van der Waals surface area contributed by atoms with Crippen LogP contribution in [0.1, 0.15) is 29.4 Å². The van der Waals surface area contributed by atoms with Gasteiger partial charge in [0.1, 0.15) is 16.8 Å². The van der Waals surface area contributed by atoms with Gasteiger partial charge >= 0.3 is 0 Å². The number of benzene rings is 1. The Morgan fingerprint density at radius 1 is 1.30 bits per heavy atom. The lowest BCUT2D eigenvalue weighted by atomic mass is 10.1. The van der Waals surface area contributed by atoms with E-state index in [2.05, 4.69) is 15.5 Å². The molecule has 1 aliphatic carbocycles. The number of thioether (sulfide) groups is 1. The maximum Gasteiger partial charge on any atom is 0.238 e. The number of nitrogens with zero attached hydrogens (tertiary/aromatic N) is 3. The van der Waals surface area contributed by atoms with Crippen molar-refractivity contribution in [3.8, 4) is 11.4 Å². The number of rotatable bonds is 6. The summed E-state index contributed by atoms with van der Waals surface area (Å²) in [5.41, 5.74) is 1.58. The van der Waals surface area contributed by atoms with Gasteiger partial charge in [-0.15, -0.1) is 10.2 Å². The predicted molar refractivity (Wildman–Crippen MR) is 99.6 cm³/mol. The maximum absolute atomic E-state index is 13.3. The Morgan fingerprint density at radius 2 is 2.04 bits per heavy atom. The minimum atomic E-state index is -0.535. The van der Waals surface area contributed by atoms with E-state index < -0.39 is 5.25 Å². The average Bonchev–Trinajstić information content (AvgIpc) is 3.25. The number of carbonyl (C=O) groups is 1. The van der Waals surface area contributed by atoms with Gasteiger partial charge in [-0.2, -0.15) is 0 Å². The zero-order valence-electron chi connectivity index (χ0n) is 15.0. The number of furan rings is 1. The topological polar surface area (TPSA) is 72.9 Å². The molecule has 0 spiro atoms. The van der Waals surface area contributed by atoms with E-state index in [-0.39, 0.29) is 17.8 Å². The van der Waals surface area contributed by atoms with Gasteiger partial charge in [0.05, 0.1) is 11.8 Å². The summed E-state index contributed by atoms with van der Waals surface area (Å²) in [4.78, 5) is 12.8. The fraction of sp³-hybridized carbons (Fsp3) is 0.316. The molecule has 27 heavy (non-hydrogen) atoms. The van der Waals surface area contributed by atoms with Crippen molar-refractivity contribution in [1.82, 2.24) is 20.1 Å². The molecule has 1 aromatic carbocycles. The van der Waals surface area contributed by atoms with Gasteiger partial charge in [-0.05, 0) is 43.5 Å². The highest BCUT2D eigenvalue weighted by Crippen LogP contribution is 2.37. The van der Waals surface area contributed by atoms with Crippen LogP contribution in [0.3, 0.4) is 0 Å². The third-order valence-corrected chi connectivity index (χ3v) is 5.78. The molecule has 0 bridgehead atoms. The number of amides is 1. The van der Waals surface area contributed by atoms with Crippen LogP contribution >= 0.6 is 11.8 Å². The van der Waals surface area contributed by atoms with Crippen molar-refractivity contribution in [2.75, 3.05) is 0 Å². The van der Waals surface area contributed by atoms with Gasteiger partial charge < -0.3 is 14.3 Å². The predicted octanol–water partition coefficient (Wildman–Crippen LogP) is 3.63. The summed E-state index contributed by atoms with van der Waals surface area (Å²) in [5.74, 6) is 0.993. The van der Waals surface area contributed by atoms with Crippen LogP contribution in [0.4, 0.5) is 4.39 Å². The molecule has 1 saturated carbocycles. The third kappa shape index (κ3) is 3.75. The van der Waals surface area contributed by atoms with E-state index in [0.29, 0.717) is 11.0 Å². The van der Waals surface area contributed by atoms with Crippen LogP contribution in [0.5, 0.6) is 0 Å². The molecule has 4 rings (SSSR count). The summed E-state index contributed by atoms with van der Waals surface area (Å²) in [5, 5.41) is 11.6. The standard InChI is InChI=1S/C19H19FN4O2S/c1-11-15(9-10-26-11)17-22-23-19(24(17)2)27-16(18(25)21-14-7-8-14)12-3-5-13(20)6-4-12/h3-6,9-10,14,16H,7-8H2,1-2H3,(H,21,25). The molecule has 1 amide bonds. The second kappa shape index (κ2) is 7.19. The molecule has 1 atom stereocenters. The van der Waals surface area contributed by atoms with Gasteiger partial charge in [0.15, 0.2) is 11.0 Å². The Labute approximate surface area is 160 Å². The molecule has 0 saturated heterocycles. The average molecular weight is 386 g/mol. The van der Waals surface area contributed by atoms with Crippen LogP contribution in [0.25, 0.3) is 11.4 Å². The first kappa shape index (κ1) is 17.8. The summed E-state index contributed by atoms with van der Waals surface area (Å²) in [6.45, 7) is 1.86. The number of aryl methyl sites for hydroxylation is 1. The van der Waals surface area contributed by atoms with Crippen LogP contribution in [-0.2, 0) is 11.8 Å². The highest BCUT2D eigenvalue weighted by atomic mass is 32.2. The lowest BCUT2D eigenvalue weighted by Gasteiger charge is -2.16. The minimum Gasteiger partial charge on any atom is -0.469 e. The SMILES string of the molecule is Cc1occc1-c1nnc(SC(C(=O)NC2CC2)c2ccc(F)cc2)n1C. The largest absolute Gasteiger partial charge is 0.469 e. The third-order valence-electron chi connectivity index (χ3n) is 4.49. The van der Waals surface area contributed by atoms with Crippen LogP contribution in [0.2, 0.25) is 0 Å².